The van der Waals surface area contributed by atoms with Gasteiger partial charge in [-0.05, 0) is 13.0 Å². The molecule has 1 N–H and O–H groups in total. The van der Waals surface area contributed by atoms with E-state index in [1.165, 1.54) is 0 Å². The van der Waals surface area contributed by atoms with Crippen molar-refractivity contribution in [1.29, 1.82) is 0 Å². The van der Waals surface area contributed by atoms with Crippen LogP contribution in [0.1, 0.15) is 12.7 Å². The highest BCUT2D eigenvalue weighted by Gasteiger charge is 2.19. The van der Waals surface area contributed by atoms with Gasteiger partial charge in [-0.2, -0.15) is 8.42 Å². The Kier molecular flexibility index (Phi) is 2.92. The molecule has 0 aliphatic heterocycles. The Labute approximate surface area is 80.8 Å². The Bertz CT molecular complexity index is 444. The summed E-state index contributed by atoms with van der Waals surface area (Å²) in [6.07, 6.45) is 2.04. The topological polar surface area (TPSA) is 93.6 Å². The minimum atomic E-state index is -4.33. The molecule has 7 heteroatoms. The van der Waals surface area contributed by atoms with Gasteiger partial charge < -0.3 is 9.62 Å². The summed E-state index contributed by atoms with van der Waals surface area (Å²) in [5, 5.41) is 10.9. The third-order valence-corrected chi connectivity index (χ3v) is 2.40. The highest BCUT2D eigenvalue weighted by atomic mass is 32.2. The molecule has 0 saturated carbocycles. The lowest BCUT2D eigenvalue weighted by atomic mass is 10.5. The van der Waals surface area contributed by atoms with Crippen LogP contribution in [0.3, 0.4) is 0 Å². The highest BCUT2D eigenvalue weighted by Crippen LogP contribution is 2.14. The van der Waals surface area contributed by atoms with Crippen LogP contribution < -0.4 is 0 Å². The molecule has 1 rings (SSSR count). The van der Waals surface area contributed by atoms with E-state index in [1.807, 2.05) is 0 Å². The Morgan fingerprint density at radius 2 is 2.36 bits per heavy atom. The van der Waals surface area contributed by atoms with Crippen LogP contribution in [0.25, 0.3) is 0 Å². The van der Waals surface area contributed by atoms with Crippen molar-refractivity contribution >= 4 is 16.3 Å². The lowest BCUT2D eigenvalue weighted by Gasteiger charge is -1.98. The zero-order valence-corrected chi connectivity index (χ0v) is 8.19. The zero-order chi connectivity index (χ0) is 10.8. The molecule has 0 unspecified atom stereocenters. The van der Waals surface area contributed by atoms with Crippen LogP contribution >= 0.6 is 0 Å². The molecule has 6 nitrogen and oxygen atoms in total. The fourth-order valence-corrected chi connectivity index (χ4v) is 1.42. The summed E-state index contributed by atoms with van der Waals surface area (Å²) in [5.74, 6) is -0.177. The van der Waals surface area contributed by atoms with Gasteiger partial charge in [0.1, 0.15) is 4.90 Å². The van der Waals surface area contributed by atoms with Crippen molar-refractivity contribution in [3.8, 4) is 0 Å². The molecule has 0 amide bonds. The molecular formula is C7H9NO5S. The van der Waals surface area contributed by atoms with Crippen molar-refractivity contribution in [2.75, 3.05) is 6.54 Å². The van der Waals surface area contributed by atoms with Gasteiger partial charge in [0, 0.05) is 0 Å². The van der Waals surface area contributed by atoms with Gasteiger partial charge in [0.05, 0.1) is 6.26 Å². The molecule has 0 spiro atoms. The summed E-state index contributed by atoms with van der Waals surface area (Å²) in [6.45, 7) is 1.76. The second-order valence-electron chi connectivity index (χ2n) is 2.49. The van der Waals surface area contributed by atoms with E-state index in [9.17, 15) is 13.6 Å². The molecule has 0 aliphatic rings. The van der Waals surface area contributed by atoms with Crippen LogP contribution in [-0.2, 0) is 10.1 Å². The van der Waals surface area contributed by atoms with Gasteiger partial charge in [-0.1, -0.05) is 0 Å². The van der Waals surface area contributed by atoms with Crippen molar-refractivity contribution in [3.05, 3.63) is 23.3 Å². The lowest BCUT2D eigenvalue weighted by molar-refractivity contribution is -0.448. The second-order valence-corrected chi connectivity index (χ2v) is 3.88. The van der Waals surface area contributed by atoms with E-state index in [0.717, 1.165) is 18.5 Å². The van der Waals surface area contributed by atoms with E-state index < -0.39 is 15.0 Å². The summed E-state index contributed by atoms with van der Waals surface area (Å²) >= 11 is 0. The van der Waals surface area contributed by atoms with Gasteiger partial charge in [0.15, 0.2) is 6.54 Å². The Balaban J connectivity index is 3.19. The van der Waals surface area contributed by atoms with E-state index >= 15 is 0 Å². The number of hydrogen-bond donors (Lipinski definition) is 1. The minimum absolute atomic E-state index is 0.158. The van der Waals surface area contributed by atoms with Crippen LogP contribution in [0.4, 0.5) is 0 Å². The number of furan rings is 1. The van der Waals surface area contributed by atoms with Crippen molar-refractivity contribution in [1.82, 2.24) is 0 Å². The minimum Gasteiger partial charge on any atom is -0.624 e. The maximum atomic E-state index is 10.9. The molecule has 0 bridgehead atoms. The largest absolute Gasteiger partial charge is 0.624 e. The molecule has 78 valence electrons. The first-order valence-electron chi connectivity index (χ1n) is 3.78. The number of hydroxylamine groups is 1. The predicted molar refractivity (Wildman–Crippen MR) is 47.9 cm³/mol. The van der Waals surface area contributed by atoms with Crippen molar-refractivity contribution < 1.29 is 22.1 Å². The number of hydrogen-bond acceptors (Lipinski definition) is 4. The highest BCUT2D eigenvalue weighted by molar-refractivity contribution is 7.86. The van der Waals surface area contributed by atoms with Crippen LogP contribution in [0.5, 0.6) is 0 Å². The molecule has 1 aromatic rings. The van der Waals surface area contributed by atoms with Crippen LogP contribution in [0.2, 0.25) is 0 Å². The SMILES string of the molecule is CC[N+]([O-])=Cc1occc1S(=O)(=O)O. The first-order chi connectivity index (χ1) is 6.45. The van der Waals surface area contributed by atoms with E-state index in [1.54, 1.807) is 6.92 Å². The van der Waals surface area contributed by atoms with Gasteiger partial charge in [0.25, 0.3) is 10.1 Å². The Hall–Kier alpha value is -1.34. The third kappa shape index (κ3) is 2.33. The summed E-state index contributed by atoms with van der Waals surface area (Å²) in [5.41, 5.74) is 0. The fourth-order valence-electron chi connectivity index (χ4n) is 0.839. The Morgan fingerprint density at radius 3 is 2.86 bits per heavy atom. The average Bonchev–Trinajstić information content (AvgIpc) is 2.51. The molecule has 14 heavy (non-hydrogen) atoms. The van der Waals surface area contributed by atoms with Crippen molar-refractivity contribution in [3.63, 3.8) is 0 Å². The van der Waals surface area contributed by atoms with E-state index in [2.05, 4.69) is 0 Å². The number of rotatable bonds is 3. The van der Waals surface area contributed by atoms with E-state index in [0.29, 0.717) is 4.74 Å². The van der Waals surface area contributed by atoms with E-state index in [4.69, 9.17) is 8.97 Å². The normalized spacial score (nSPS) is 13.1. The summed E-state index contributed by atoms with van der Waals surface area (Å²) in [6, 6.07) is 1.07. The quantitative estimate of drug-likeness (QED) is 0.262. The summed E-state index contributed by atoms with van der Waals surface area (Å²) < 4.78 is 35.4. The van der Waals surface area contributed by atoms with Gasteiger partial charge in [0.2, 0.25) is 12.0 Å². The predicted octanol–water partition coefficient (Wildman–Crippen LogP) is 0.475. The second kappa shape index (κ2) is 3.81. The standard InChI is InChI=1S/C7H9NO5S/c1-2-8(9)5-6-7(3-4-13-6)14(10,11)12/h3-5H,2H2,1H3,(H,10,11,12). The van der Waals surface area contributed by atoms with Gasteiger partial charge in [-0.15, -0.1) is 0 Å². The van der Waals surface area contributed by atoms with Gasteiger partial charge in [-0.25, -0.2) is 4.74 Å². The Morgan fingerprint density at radius 1 is 1.71 bits per heavy atom. The zero-order valence-electron chi connectivity index (χ0n) is 7.37. The van der Waals surface area contributed by atoms with Crippen LogP contribution in [-0.4, -0.2) is 30.5 Å². The van der Waals surface area contributed by atoms with Crippen molar-refractivity contribution in [2.24, 2.45) is 0 Å². The maximum Gasteiger partial charge on any atom is 0.298 e. The molecular weight excluding hydrogens is 210 g/mol. The summed E-state index contributed by atoms with van der Waals surface area (Å²) in [4.78, 5) is -0.410. The van der Waals surface area contributed by atoms with Crippen molar-refractivity contribution in [2.45, 2.75) is 11.8 Å². The molecule has 1 heterocycles. The molecule has 0 aromatic carbocycles. The molecule has 0 aliphatic carbocycles. The first-order valence-corrected chi connectivity index (χ1v) is 5.22. The van der Waals surface area contributed by atoms with Crippen LogP contribution in [0, 0.1) is 5.21 Å². The lowest BCUT2D eigenvalue weighted by Crippen LogP contribution is -2.07. The fraction of sp³-hybridized carbons (Fsp3) is 0.286. The van der Waals surface area contributed by atoms with Gasteiger partial charge in [-0.3, -0.25) is 4.55 Å². The third-order valence-electron chi connectivity index (χ3n) is 1.51. The summed E-state index contributed by atoms with van der Waals surface area (Å²) in [7, 11) is -4.33. The molecule has 0 atom stereocenters. The average molecular weight is 219 g/mol. The van der Waals surface area contributed by atoms with E-state index in [-0.39, 0.29) is 12.3 Å². The molecule has 0 fully saturated rings. The maximum absolute atomic E-state index is 10.9. The first kappa shape index (κ1) is 10.7. The number of nitrogens with zero attached hydrogens (tertiary/aromatic N) is 1. The molecule has 0 saturated heterocycles. The molecule has 0 radical (unpaired) electrons. The van der Waals surface area contributed by atoms with Gasteiger partial charge >= 0.3 is 0 Å². The smallest absolute Gasteiger partial charge is 0.298 e. The monoisotopic (exact) mass is 219 g/mol. The van der Waals surface area contributed by atoms with Crippen LogP contribution in [0.15, 0.2) is 21.6 Å². The molecule has 1 aromatic heterocycles.